The monoisotopic (exact) mass is 341 g/mol. The normalized spacial score (nSPS) is 14.0. The van der Waals surface area contributed by atoms with Crippen LogP contribution in [0.5, 0.6) is 0 Å². The number of hydrogen-bond acceptors (Lipinski definition) is 2. The first-order valence-electron chi connectivity index (χ1n) is 11.1. The van der Waals surface area contributed by atoms with E-state index in [0.29, 0.717) is 0 Å². The molecule has 0 aromatic rings. The van der Waals surface area contributed by atoms with Crippen molar-refractivity contribution >= 4 is 0 Å². The number of nitrogens with two attached hydrogens (primary N) is 1. The van der Waals surface area contributed by atoms with Crippen molar-refractivity contribution in [1.29, 1.82) is 0 Å². The Bertz CT molecular complexity index is 244. The van der Waals surface area contributed by atoms with Gasteiger partial charge in [0.05, 0.1) is 5.60 Å². The highest BCUT2D eigenvalue weighted by Crippen LogP contribution is 2.25. The molecule has 0 bridgehead atoms. The van der Waals surface area contributed by atoms with Crippen LogP contribution in [0.25, 0.3) is 0 Å². The van der Waals surface area contributed by atoms with E-state index in [-0.39, 0.29) is 5.60 Å². The zero-order chi connectivity index (χ0) is 17.9. The Morgan fingerprint density at radius 1 is 0.542 bits per heavy atom. The highest BCUT2D eigenvalue weighted by atomic mass is 16.6. The molecule has 0 radical (unpaired) electrons. The van der Waals surface area contributed by atoms with Gasteiger partial charge in [-0.3, -0.25) is 4.84 Å². The van der Waals surface area contributed by atoms with Gasteiger partial charge in [-0.15, -0.1) is 0 Å². The minimum absolute atomic E-state index is 0.0903. The maximum absolute atomic E-state index is 5.54. The maximum atomic E-state index is 5.54. The standard InChI is InChI=1S/C22H47NO/c1-4-6-8-9-10-11-12-13-14-15-16-17-19-21-22(3,24-23)20-18-7-5-2/h4-21,23H2,1-3H3. The Kier molecular flexibility index (Phi) is 17.7. The number of hydrogen-bond donors (Lipinski definition) is 1. The number of unbranched alkanes of at least 4 members (excludes halogenated alkanes) is 14. The quantitative estimate of drug-likeness (QED) is 0.193. The second kappa shape index (κ2) is 17.7. The lowest BCUT2D eigenvalue weighted by Crippen LogP contribution is -2.31. The topological polar surface area (TPSA) is 35.2 Å². The summed E-state index contributed by atoms with van der Waals surface area (Å²) < 4.78 is 0. The zero-order valence-corrected chi connectivity index (χ0v) is 17.2. The van der Waals surface area contributed by atoms with Crippen LogP contribution >= 0.6 is 0 Å². The molecular formula is C22H47NO. The molecule has 2 heteroatoms. The summed E-state index contributed by atoms with van der Waals surface area (Å²) in [6.07, 6.45) is 24.3. The fourth-order valence-corrected chi connectivity index (χ4v) is 3.51. The van der Waals surface area contributed by atoms with E-state index in [2.05, 4.69) is 20.8 Å². The van der Waals surface area contributed by atoms with Crippen molar-refractivity contribution in [3.05, 3.63) is 0 Å². The summed E-state index contributed by atoms with van der Waals surface area (Å²) in [6.45, 7) is 6.71. The first kappa shape index (κ1) is 23.9. The highest BCUT2D eigenvalue weighted by molar-refractivity contribution is 4.74. The van der Waals surface area contributed by atoms with E-state index in [1.54, 1.807) is 0 Å². The van der Waals surface area contributed by atoms with Crippen molar-refractivity contribution < 1.29 is 4.84 Å². The Morgan fingerprint density at radius 2 is 0.833 bits per heavy atom. The molecular weight excluding hydrogens is 294 g/mol. The van der Waals surface area contributed by atoms with E-state index in [0.717, 1.165) is 12.8 Å². The average molecular weight is 342 g/mol. The molecule has 0 rings (SSSR count). The molecule has 24 heavy (non-hydrogen) atoms. The first-order chi connectivity index (χ1) is 11.7. The van der Waals surface area contributed by atoms with Crippen LogP contribution in [0.4, 0.5) is 0 Å². The molecule has 2 nitrogen and oxygen atoms in total. The first-order valence-corrected chi connectivity index (χ1v) is 11.1. The molecule has 0 saturated carbocycles. The maximum Gasteiger partial charge on any atom is 0.0865 e. The molecule has 0 fully saturated rings. The summed E-state index contributed by atoms with van der Waals surface area (Å²) in [5.74, 6) is 5.54. The van der Waals surface area contributed by atoms with E-state index in [4.69, 9.17) is 10.7 Å². The molecule has 0 heterocycles. The van der Waals surface area contributed by atoms with Gasteiger partial charge in [0.1, 0.15) is 0 Å². The van der Waals surface area contributed by atoms with Crippen molar-refractivity contribution in [3.63, 3.8) is 0 Å². The fourth-order valence-electron chi connectivity index (χ4n) is 3.51. The van der Waals surface area contributed by atoms with Gasteiger partial charge in [-0.05, 0) is 19.8 Å². The lowest BCUT2D eigenvalue weighted by atomic mass is 9.91. The predicted molar refractivity (Wildman–Crippen MR) is 108 cm³/mol. The van der Waals surface area contributed by atoms with Crippen LogP contribution in [0.15, 0.2) is 0 Å². The van der Waals surface area contributed by atoms with E-state index < -0.39 is 0 Å². The Balaban J connectivity index is 3.34. The molecule has 1 unspecified atom stereocenters. The third-order valence-corrected chi connectivity index (χ3v) is 5.40. The Morgan fingerprint density at radius 3 is 1.21 bits per heavy atom. The van der Waals surface area contributed by atoms with Gasteiger partial charge in [0, 0.05) is 0 Å². The summed E-state index contributed by atoms with van der Waals surface area (Å²) in [5.41, 5.74) is -0.0903. The van der Waals surface area contributed by atoms with Gasteiger partial charge in [-0.25, -0.2) is 5.90 Å². The second-order valence-electron chi connectivity index (χ2n) is 8.02. The van der Waals surface area contributed by atoms with Crippen LogP contribution in [0.2, 0.25) is 0 Å². The Hall–Kier alpha value is -0.0800. The van der Waals surface area contributed by atoms with Crippen LogP contribution in [0.1, 0.15) is 136 Å². The third-order valence-electron chi connectivity index (χ3n) is 5.40. The minimum atomic E-state index is -0.0903. The molecule has 0 spiro atoms. The van der Waals surface area contributed by atoms with Crippen LogP contribution < -0.4 is 5.90 Å². The third kappa shape index (κ3) is 15.4. The largest absolute Gasteiger partial charge is 0.298 e. The van der Waals surface area contributed by atoms with Crippen LogP contribution in [-0.2, 0) is 4.84 Å². The van der Waals surface area contributed by atoms with Gasteiger partial charge in [-0.2, -0.15) is 0 Å². The molecule has 1 atom stereocenters. The van der Waals surface area contributed by atoms with Gasteiger partial charge in [0.2, 0.25) is 0 Å². The molecule has 0 saturated heterocycles. The van der Waals surface area contributed by atoms with Crippen molar-refractivity contribution in [1.82, 2.24) is 0 Å². The van der Waals surface area contributed by atoms with Crippen LogP contribution in [0.3, 0.4) is 0 Å². The summed E-state index contributed by atoms with van der Waals surface area (Å²) in [7, 11) is 0. The molecule has 0 aliphatic rings. The molecule has 0 aromatic heterocycles. The lowest BCUT2D eigenvalue weighted by molar-refractivity contribution is -0.0490. The van der Waals surface area contributed by atoms with E-state index in [1.165, 1.54) is 103 Å². The van der Waals surface area contributed by atoms with E-state index in [9.17, 15) is 0 Å². The Labute approximate surface area is 153 Å². The SMILES string of the molecule is CCCCCCCCCCCCCCCC(C)(CCCCC)ON. The van der Waals surface area contributed by atoms with Crippen molar-refractivity contribution in [2.24, 2.45) is 5.90 Å². The summed E-state index contributed by atoms with van der Waals surface area (Å²) in [5, 5.41) is 0. The van der Waals surface area contributed by atoms with Crippen LogP contribution in [-0.4, -0.2) is 5.60 Å². The minimum Gasteiger partial charge on any atom is -0.298 e. The molecule has 0 amide bonds. The second-order valence-corrected chi connectivity index (χ2v) is 8.02. The predicted octanol–water partition coefficient (Wildman–Crippen LogP) is 7.70. The zero-order valence-electron chi connectivity index (χ0n) is 17.2. The van der Waals surface area contributed by atoms with Crippen molar-refractivity contribution in [2.45, 2.75) is 142 Å². The summed E-state index contributed by atoms with van der Waals surface area (Å²) in [4.78, 5) is 5.29. The molecule has 146 valence electrons. The molecule has 2 N–H and O–H groups in total. The van der Waals surface area contributed by atoms with Gasteiger partial charge >= 0.3 is 0 Å². The van der Waals surface area contributed by atoms with Gasteiger partial charge < -0.3 is 0 Å². The summed E-state index contributed by atoms with van der Waals surface area (Å²) >= 11 is 0. The van der Waals surface area contributed by atoms with E-state index in [1.807, 2.05) is 0 Å². The van der Waals surface area contributed by atoms with Gasteiger partial charge in [-0.1, -0.05) is 117 Å². The van der Waals surface area contributed by atoms with Gasteiger partial charge in [0.15, 0.2) is 0 Å². The average Bonchev–Trinajstić information content (AvgIpc) is 2.59. The fraction of sp³-hybridized carbons (Fsp3) is 1.00. The van der Waals surface area contributed by atoms with Gasteiger partial charge in [0.25, 0.3) is 0 Å². The molecule has 0 aliphatic heterocycles. The highest BCUT2D eigenvalue weighted by Gasteiger charge is 2.23. The molecule has 0 aromatic carbocycles. The smallest absolute Gasteiger partial charge is 0.0865 e. The van der Waals surface area contributed by atoms with E-state index >= 15 is 0 Å². The van der Waals surface area contributed by atoms with Crippen LogP contribution in [0, 0.1) is 0 Å². The lowest BCUT2D eigenvalue weighted by Gasteiger charge is -2.27. The van der Waals surface area contributed by atoms with Crippen molar-refractivity contribution in [2.75, 3.05) is 0 Å². The summed E-state index contributed by atoms with van der Waals surface area (Å²) in [6, 6.07) is 0. The number of rotatable bonds is 19. The molecule has 0 aliphatic carbocycles. The van der Waals surface area contributed by atoms with Crippen molar-refractivity contribution in [3.8, 4) is 0 Å².